The lowest BCUT2D eigenvalue weighted by molar-refractivity contribution is -0.154. The van der Waals surface area contributed by atoms with Crippen molar-refractivity contribution in [1.29, 1.82) is 5.26 Å². The van der Waals surface area contributed by atoms with Crippen LogP contribution in [0.4, 0.5) is 19.0 Å². The summed E-state index contributed by atoms with van der Waals surface area (Å²) in [6.45, 7) is 0.0305. The van der Waals surface area contributed by atoms with Crippen LogP contribution in [-0.4, -0.2) is 49.1 Å². The van der Waals surface area contributed by atoms with Gasteiger partial charge in [0, 0.05) is 19.5 Å². The molecule has 2 heterocycles. The van der Waals surface area contributed by atoms with Gasteiger partial charge in [-0.15, -0.1) is 0 Å². The second kappa shape index (κ2) is 11.6. The van der Waals surface area contributed by atoms with E-state index in [9.17, 15) is 18.4 Å². The average Bonchev–Trinajstić information content (AvgIpc) is 3.10. The van der Waals surface area contributed by atoms with Crippen LogP contribution in [0, 0.1) is 11.3 Å². The first-order valence-corrected chi connectivity index (χ1v) is 11.6. The van der Waals surface area contributed by atoms with Crippen molar-refractivity contribution in [2.24, 2.45) is 0 Å². The summed E-state index contributed by atoms with van der Waals surface area (Å²) >= 11 is 0. The van der Waals surface area contributed by atoms with Gasteiger partial charge < -0.3 is 19.1 Å². The summed E-state index contributed by atoms with van der Waals surface area (Å²) in [5.41, 5.74) is 2.23. The van der Waals surface area contributed by atoms with Gasteiger partial charge in [-0.05, 0) is 36.1 Å². The van der Waals surface area contributed by atoms with Crippen molar-refractivity contribution in [3.05, 3.63) is 71.3 Å². The molecule has 188 valence electrons. The Balaban J connectivity index is 1.50. The zero-order chi connectivity index (χ0) is 25.4. The van der Waals surface area contributed by atoms with Crippen molar-refractivity contribution >= 4 is 5.82 Å². The number of anilines is 1. The molecule has 3 aromatic rings. The number of halogens is 3. The minimum atomic E-state index is -4.59. The first kappa shape index (κ1) is 25.1. The molecule has 0 unspecified atom stereocenters. The fourth-order valence-corrected chi connectivity index (χ4v) is 3.86. The highest BCUT2D eigenvalue weighted by molar-refractivity contribution is 5.60. The second-order valence-corrected chi connectivity index (χ2v) is 8.14. The van der Waals surface area contributed by atoms with Crippen molar-refractivity contribution in [2.75, 3.05) is 37.8 Å². The van der Waals surface area contributed by atoms with Crippen LogP contribution in [0.5, 0.6) is 17.6 Å². The maximum atomic E-state index is 12.9. The van der Waals surface area contributed by atoms with Crippen LogP contribution in [0.1, 0.15) is 23.1 Å². The zero-order valence-corrected chi connectivity index (χ0v) is 19.5. The highest BCUT2D eigenvalue weighted by atomic mass is 19.4. The Labute approximate surface area is 207 Å². The summed E-state index contributed by atoms with van der Waals surface area (Å²) in [6, 6.07) is 19.1. The van der Waals surface area contributed by atoms with Crippen LogP contribution in [-0.2, 0) is 12.8 Å². The van der Waals surface area contributed by atoms with Gasteiger partial charge in [-0.3, -0.25) is 0 Å². The number of nitrogens with zero attached hydrogens (tertiary/aromatic N) is 4. The number of rotatable bonds is 9. The highest BCUT2D eigenvalue weighted by Crippen LogP contribution is 2.31. The van der Waals surface area contributed by atoms with E-state index < -0.39 is 18.7 Å². The quantitative estimate of drug-likeness (QED) is 0.394. The highest BCUT2D eigenvalue weighted by Gasteiger charge is 2.31. The SMILES string of the molecule is N#Cc1c(OCC(F)(F)F)nc(OCCCOc2ccccc2)nc1N1CCc2ccccc2CC1. The minimum absolute atomic E-state index is 0.148. The maximum Gasteiger partial charge on any atom is 0.422 e. The Morgan fingerprint density at radius 1 is 0.861 bits per heavy atom. The minimum Gasteiger partial charge on any atom is -0.493 e. The molecule has 10 heteroatoms. The van der Waals surface area contributed by atoms with E-state index in [2.05, 4.69) is 9.97 Å². The second-order valence-electron chi connectivity index (χ2n) is 8.14. The van der Waals surface area contributed by atoms with Crippen molar-refractivity contribution in [2.45, 2.75) is 25.4 Å². The van der Waals surface area contributed by atoms with Gasteiger partial charge in [0.25, 0.3) is 0 Å². The summed E-state index contributed by atoms with van der Waals surface area (Å²) in [5, 5.41) is 9.77. The Hall–Kier alpha value is -4.00. The fraction of sp³-hybridized carbons (Fsp3) is 0.346. The molecule has 0 bridgehead atoms. The number of para-hydroxylation sites is 1. The molecule has 1 aliphatic rings. The van der Waals surface area contributed by atoms with Crippen molar-refractivity contribution in [3.8, 4) is 23.7 Å². The Kier molecular flexibility index (Phi) is 8.10. The molecule has 0 aliphatic carbocycles. The van der Waals surface area contributed by atoms with Crippen LogP contribution in [0.25, 0.3) is 0 Å². The summed E-state index contributed by atoms with van der Waals surface area (Å²) in [7, 11) is 0. The maximum absolute atomic E-state index is 12.9. The molecule has 1 aliphatic heterocycles. The molecule has 0 spiro atoms. The lowest BCUT2D eigenvalue weighted by Crippen LogP contribution is -2.29. The normalized spacial score (nSPS) is 13.3. The molecule has 0 saturated heterocycles. The van der Waals surface area contributed by atoms with Crippen LogP contribution < -0.4 is 19.1 Å². The molecule has 2 aromatic carbocycles. The van der Waals surface area contributed by atoms with Gasteiger partial charge in [-0.25, -0.2) is 0 Å². The molecule has 0 fully saturated rings. The van der Waals surface area contributed by atoms with Crippen LogP contribution >= 0.6 is 0 Å². The van der Waals surface area contributed by atoms with Crippen molar-refractivity contribution < 1.29 is 27.4 Å². The Bertz CT molecular complexity index is 1170. The third-order valence-corrected chi connectivity index (χ3v) is 5.57. The standard InChI is InChI=1S/C26H25F3N4O3/c27-26(28,29)18-36-24-22(17-30)23(33-13-11-19-7-4-5-8-20(19)12-14-33)31-25(32-24)35-16-6-15-34-21-9-2-1-3-10-21/h1-5,7-10H,6,11-16,18H2. The molecule has 1 aromatic heterocycles. The van der Waals surface area contributed by atoms with Gasteiger partial charge in [0.15, 0.2) is 18.0 Å². The van der Waals surface area contributed by atoms with Crippen molar-refractivity contribution in [3.63, 3.8) is 0 Å². The van der Waals surface area contributed by atoms with E-state index in [0.717, 1.165) is 5.75 Å². The third kappa shape index (κ3) is 6.78. The van der Waals surface area contributed by atoms with E-state index in [1.807, 2.05) is 65.6 Å². The van der Waals surface area contributed by atoms with E-state index >= 15 is 0 Å². The lowest BCUT2D eigenvalue weighted by Gasteiger charge is -2.23. The number of benzene rings is 2. The first-order valence-electron chi connectivity index (χ1n) is 11.6. The van der Waals surface area contributed by atoms with Crippen LogP contribution in [0.15, 0.2) is 54.6 Å². The summed E-state index contributed by atoms with van der Waals surface area (Å²) in [6.07, 6.45) is -2.68. The van der Waals surface area contributed by atoms with Crippen LogP contribution in [0.3, 0.4) is 0 Å². The average molecular weight is 499 g/mol. The number of alkyl halides is 3. The van der Waals surface area contributed by atoms with Crippen molar-refractivity contribution in [1.82, 2.24) is 9.97 Å². The molecule has 0 amide bonds. The molecular formula is C26H25F3N4O3. The summed E-state index contributed by atoms with van der Waals surface area (Å²) in [4.78, 5) is 10.2. The van der Waals surface area contributed by atoms with E-state index in [-0.39, 0.29) is 24.0 Å². The summed E-state index contributed by atoms with van der Waals surface area (Å²) < 4.78 is 54.8. The van der Waals surface area contributed by atoms with Gasteiger partial charge in [-0.1, -0.05) is 42.5 Å². The predicted molar refractivity (Wildman–Crippen MR) is 126 cm³/mol. The molecule has 0 saturated carbocycles. The van der Waals surface area contributed by atoms with Crippen LogP contribution in [0.2, 0.25) is 0 Å². The molecule has 0 N–H and O–H groups in total. The topological polar surface area (TPSA) is 80.5 Å². The van der Waals surface area contributed by atoms with E-state index in [1.165, 1.54) is 11.1 Å². The van der Waals surface area contributed by atoms with Gasteiger partial charge in [0.1, 0.15) is 11.8 Å². The monoisotopic (exact) mass is 498 g/mol. The summed E-state index contributed by atoms with van der Waals surface area (Å²) in [5.74, 6) is 0.476. The molecule has 4 rings (SSSR count). The van der Waals surface area contributed by atoms with E-state index in [4.69, 9.17) is 14.2 Å². The molecule has 0 radical (unpaired) electrons. The van der Waals surface area contributed by atoms with E-state index in [1.54, 1.807) is 0 Å². The molecule has 0 atom stereocenters. The Morgan fingerprint density at radius 3 is 2.14 bits per heavy atom. The van der Waals surface area contributed by atoms with E-state index in [0.29, 0.717) is 39.0 Å². The largest absolute Gasteiger partial charge is 0.493 e. The van der Waals surface area contributed by atoms with Gasteiger partial charge >= 0.3 is 12.2 Å². The molecule has 36 heavy (non-hydrogen) atoms. The number of aromatic nitrogens is 2. The third-order valence-electron chi connectivity index (χ3n) is 5.57. The number of hydrogen-bond acceptors (Lipinski definition) is 7. The number of fused-ring (bicyclic) bond motifs is 1. The predicted octanol–water partition coefficient (Wildman–Crippen LogP) is 4.74. The number of nitriles is 1. The molecular weight excluding hydrogens is 473 g/mol. The number of ether oxygens (including phenoxy) is 3. The Morgan fingerprint density at radius 2 is 1.50 bits per heavy atom. The number of hydrogen-bond donors (Lipinski definition) is 0. The zero-order valence-electron chi connectivity index (χ0n) is 19.5. The van der Waals surface area contributed by atoms with Gasteiger partial charge in [0.05, 0.1) is 13.2 Å². The smallest absolute Gasteiger partial charge is 0.422 e. The van der Waals surface area contributed by atoms with Gasteiger partial charge in [0.2, 0.25) is 5.88 Å². The van der Waals surface area contributed by atoms with Gasteiger partial charge in [-0.2, -0.15) is 28.4 Å². The fourth-order valence-electron chi connectivity index (χ4n) is 3.86. The lowest BCUT2D eigenvalue weighted by atomic mass is 10.0. The first-order chi connectivity index (χ1) is 17.4. The molecule has 7 nitrogen and oxygen atoms in total.